The van der Waals surface area contributed by atoms with Crippen molar-refractivity contribution in [2.24, 2.45) is 5.92 Å². The van der Waals surface area contributed by atoms with Gasteiger partial charge in [0.2, 0.25) is 11.8 Å². The molecule has 3 aliphatic rings. The van der Waals surface area contributed by atoms with Crippen LogP contribution in [-0.4, -0.2) is 39.6 Å². The number of amides is 2. The fourth-order valence-electron chi connectivity index (χ4n) is 4.33. The average Bonchev–Trinajstić information content (AvgIpc) is 3.33. The van der Waals surface area contributed by atoms with Gasteiger partial charge in [0.25, 0.3) is 0 Å². The van der Waals surface area contributed by atoms with Gasteiger partial charge in [0.05, 0.1) is 30.4 Å². The molecule has 0 radical (unpaired) electrons. The minimum absolute atomic E-state index is 0.0414. The van der Waals surface area contributed by atoms with Crippen LogP contribution in [0.3, 0.4) is 0 Å². The number of hydrogen-bond acceptors (Lipinski definition) is 3. The minimum atomic E-state index is -0.258. The molecule has 1 aromatic heterocycles. The van der Waals surface area contributed by atoms with Crippen LogP contribution < -0.4 is 4.90 Å². The van der Waals surface area contributed by atoms with Crippen molar-refractivity contribution in [3.8, 4) is 0 Å². The quantitative estimate of drug-likeness (QED) is 0.825. The normalized spacial score (nSPS) is 21.9. The number of fused-ring (bicyclic) bond motifs is 1. The van der Waals surface area contributed by atoms with Gasteiger partial charge < -0.3 is 9.80 Å². The highest BCUT2D eigenvalue weighted by Gasteiger charge is 2.38. The molecule has 0 N–H and O–H groups in total. The lowest BCUT2D eigenvalue weighted by Crippen LogP contribution is -2.42. The molecule has 1 aliphatic carbocycles. The van der Waals surface area contributed by atoms with Crippen LogP contribution in [0.1, 0.15) is 47.7 Å². The summed E-state index contributed by atoms with van der Waals surface area (Å²) in [6.07, 6.45) is 2.77. The van der Waals surface area contributed by atoms with Crippen LogP contribution in [0.2, 0.25) is 0 Å². The number of aryl methyl sites for hydroxylation is 2. The molecule has 6 heteroatoms. The van der Waals surface area contributed by atoms with Gasteiger partial charge in [-0.15, -0.1) is 0 Å². The molecule has 2 aliphatic heterocycles. The molecule has 1 saturated carbocycles. The summed E-state index contributed by atoms with van der Waals surface area (Å²) < 4.78 is 2.05. The van der Waals surface area contributed by atoms with E-state index in [1.807, 2.05) is 23.1 Å². The van der Waals surface area contributed by atoms with E-state index in [4.69, 9.17) is 5.10 Å². The molecule has 1 saturated heterocycles. The molecular formula is C22H26N4O2. The Morgan fingerprint density at radius 2 is 1.93 bits per heavy atom. The van der Waals surface area contributed by atoms with Crippen molar-refractivity contribution in [1.29, 1.82) is 0 Å². The van der Waals surface area contributed by atoms with Crippen LogP contribution in [0, 0.1) is 19.8 Å². The van der Waals surface area contributed by atoms with Crippen LogP contribution in [-0.2, 0) is 22.7 Å². The summed E-state index contributed by atoms with van der Waals surface area (Å²) in [5.41, 5.74) is 5.57. The predicted octanol–water partition coefficient (Wildman–Crippen LogP) is 2.77. The number of carbonyl (C=O) groups excluding carboxylic acids is 2. The molecule has 2 aromatic rings. The van der Waals surface area contributed by atoms with Crippen molar-refractivity contribution in [3.63, 3.8) is 0 Å². The van der Waals surface area contributed by atoms with Gasteiger partial charge in [-0.05, 0) is 56.0 Å². The molecule has 5 rings (SSSR count). The van der Waals surface area contributed by atoms with E-state index in [9.17, 15) is 9.59 Å². The number of carbonyl (C=O) groups is 2. The lowest BCUT2D eigenvalue weighted by molar-refractivity contribution is -0.137. The summed E-state index contributed by atoms with van der Waals surface area (Å²) in [6.45, 7) is 6.61. The van der Waals surface area contributed by atoms with Crippen molar-refractivity contribution in [2.75, 3.05) is 18.0 Å². The van der Waals surface area contributed by atoms with Gasteiger partial charge >= 0.3 is 0 Å². The third-order valence-corrected chi connectivity index (χ3v) is 6.40. The van der Waals surface area contributed by atoms with Crippen LogP contribution in [0.4, 0.5) is 5.69 Å². The number of nitrogens with zero attached hydrogens (tertiary/aromatic N) is 4. The van der Waals surface area contributed by atoms with Crippen molar-refractivity contribution < 1.29 is 9.59 Å². The van der Waals surface area contributed by atoms with Gasteiger partial charge in [-0.2, -0.15) is 5.10 Å². The third kappa shape index (κ3) is 3.01. The summed E-state index contributed by atoms with van der Waals surface area (Å²) in [6, 6.07) is 8.22. The Labute approximate surface area is 165 Å². The predicted molar refractivity (Wildman–Crippen MR) is 106 cm³/mol. The molecule has 1 aromatic carbocycles. The lowest BCUT2D eigenvalue weighted by Gasteiger charge is -2.29. The summed E-state index contributed by atoms with van der Waals surface area (Å²) in [4.78, 5) is 29.4. The van der Waals surface area contributed by atoms with Crippen LogP contribution in [0.25, 0.3) is 0 Å². The molecule has 146 valence electrons. The number of anilines is 1. The summed E-state index contributed by atoms with van der Waals surface area (Å²) in [7, 11) is 0. The van der Waals surface area contributed by atoms with Crippen LogP contribution in [0.15, 0.2) is 24.3 Å². The smallest absolute Gasteiger partial charge is 0.228 e. The second kappa shape index (κ2) is 6.47. The molecule has 2 fully saturated rings. The second-order valence-electron chi connectivity index (χ2n) is 8.49. The van der Waals surface area contributed by atoms with Crippen molar-refractivity contribution in [3.05, 3.63) is 46.8 Å². The Morgan fingerprint density at radius 3 is 2.68 bits per heavy atom. The summed E-state index contributed by atoms with van der Waals surface area (Å²) in [5.74, 6) is 0.507. The van der Waals surface area contributed by atoms with Gasteiger partial charge in [0.1, 0.15) is 0 Å². The second-order valence-corrected chi connectivity index (χ2v) is 8.49. The Kier molecular flexibility index (Phi) is 4.03. The van der Waals surface area contributed by atoms with Crippen LogP contribution >= 0.6 is 0 Å². The lowest BCUT2D eigenvalue weighted by atomic mass is 10.1. The monoisotopic (exact) mass is 378 g/mol. The maximum absolute atomic E-state index is 13.1. The highest BCUT2D eigenvalue weighted by molar-refractivity contribution is 6.00. The highest BCUT2D eigenvalue weighted by atomic mass is 16.2. The number of aromatic nitrogens is 2. The van der Waals surface area contributed by atoms with Crippen molar-refractivity contribution in [1.82, 2.24) is 14.7 Å². The van der Waals surface area contributed by atoms with E-state index in [1.165, 1.54) is 24.1 Å². The molecule has 6 nitrogen and oxygen atoms in total. The summed E-state index contributed by atoms with van der Waals surface area (Å²) >= 11 is 0. The largest absolute Gasteiger partial charge is 0.335 e. The fourth-order valence-corrected chi connectivity index (χ4v) is 4.33. The van der Waals surface area contributed by atoms with E-state index in [-0.39, 0.29) is 17.7 Å². The average molecular weight is 378 g/mol. The molecule has 1 unspecified atom stereocenters. The molecular weight excluding hydrogens is 352 g/mol. The van der Waals surface area contributed by atoms with Crippen LogP contribution in [0.5, 0.6) is 0 Å². The Balaban J connectivity index is 1.29. The SMILES string of the molecule is Cc1ccc(N2CC(C(=O)N3CCn4nc(C5CC5)cc4C3)CC2=O)cc1C. The Hall–Kier alpha value is -2.63. The standard InChI is InChI=1S/C22H26N4O2/c1-14-3-6-18(9-15(14)2)25-12-17(10-21(25)27)22(28)24-7-8-26-19(13-24)11-20(23-26)16-4-5-16/h3,6,9,11,16-17H,4-5,7-8,10,12-13H2,1-2H3. The number of rotatable bonds is 3. The molecule has 1 atom stereocenters. The van der Waals surface area contributed by atoms with E-state index in [1.54, 1.807) is 4.90 Å². The maximum Gasteiger partial charge on any atom is 0.228 e. The van der Waals surface area contributed by atoms with E-state index in [2.05, 4.69) is 24.6 Å². The molecule has 28 heavy (non-hydrogen) atoms. The minimum Gasteiger partial charge on any atom is -0.335 e. The first kappa shape index (κ1) is 17.5. The topological polar surface area (TPSA) is 58.4 Å². The number of hydrogen-bond donors (Lipinski definition) is 0. The van der Waals surface area contributed by atoms with E-state index in [0.29, 0.717) is 32.0 Å². The number of benzene rings is 1. The van der Waals surface area contributed by atoms with E-state index >= 15 is 0 Å². The summed E-state index contributed by atoms with van der Waals surface area (Å²) in [5, 5.41) is 4.70. The Bertz CT molecular complexity index is 959. The zero-order chi connectivity index (χ0) is 19.4. The highest BCUT2D eigenvalue weighted by Crippen LogP contribution is 2.40. The zero-order valence-electron chi connectivity index (χ0n) is 16.5. The van der Waals surface area contributed by atoms with E-state index < -0.39 is 0 Å². The van der Waals surface area contributed by atoms with Crippen molar-refractivity contribution in [2.45, 2.75) is 52.1 Å². The van der Waals surface area contributed by atoms with Gasteiger partial charge in [0.15, 0.2) is 0 Å². The first-order chi connectivity index (χ1) is 13.5. The van der Waals surface area contributed by atoms with Gasteiger partial charge in [0, 0.05) is 31.1 Å². The molecule has 2 amide bonds. The third-order valence-electron chi connectivity index (χ3n) is 6.40. The molecule has 0 bridgehead atoms. The first-order valence-corrected chi connectivity index (χ1v) is 10.2. The maximum atomic E-state index is 13.1. The van der Waals surface area contributed by atoms with Crippen molar-refractivity contribution >= 4 is 17.5 Å². The fraction of sp³-hybridized carbons (Fsp3) is 0.500. The Morgan fingerprint density at radius 1 is 1.11 bits per heavy atom. The van der Waals surface area contributed by atoms with Gasteiger partial charge in [-0.3, -0.25) is 14.3 Å². The zero-order valence-corrected chi connectivity index (χ0v) is 16.5. The molecule has 0 spiro atoms. The van der Waals surface area contributed by atoms with E-state index in [0.717, 1.165) is 23.5 Å². The first-order valence-electron chi connectivity index (χ1n) is 10.2. The van der Waals surface area contributed by atoms with Gasteiger partial charge in [-0.25, -0.2) is 0 Å². The van der Waals surface area contributed by atoms with Gasteiger partial charge in [-0.1, -0.05) is 6.07 Å². The molecule has 3 heterocycles.